The van der Waals surface area contributed by atoms with Gasteiger partial charge in [-0.2, -0.15) is 0 Å². The second-order valence-corrected chi connectivity index (χ2v) is 3.19. The lowest BCUT2D eigenvalue weighted by Gasteiger charge is -2.12. The summed E-state index contributed by atoms with van der Waals surface area (Å²) in [5.74, 6) is -4.59. The van der Waals surface area contributed by atoms with E-state index in [0.29, 0.717) is 0 Å². The Balaban J connectivity index is 2.52. The monoisotopic (exact) mass is 232 g/mol. The Bertz CT molecular complexity index is 428. The number of aldehydes is 1. The van der Waals surface area contributed by atoms with Crippen LogP contribution in [-0.2, 0) is 9.47 Å². The molecule has 0 unspecified atom stereocenters. The molecule has 0 atom stereocenters. The summed E-state index contributed by atoms with van der Waals surface area (Å²) in [4.78, 5) is 10.4. The van der Waals surface area contributed by atoms with Gasteiger partial charge in [-0.05, 0) is 6.07 Å². The first-order chi connectivity index (χ1) is 7.65. The van der Waals surface area contributed by atoms with Crippen LogP contribution in [0.2, 0.25) is 0 Å². The van der Waals surface area contributed by atoms with Crippen LogP contribution in [-0.4, -0.2) is 19.5 Å². The van der Waals surface area contributed by atoms with Gasteiger partial charge in [0.05, 0.1) is 18.8 Å². The molecule has 1 aliphatic rings. The molecule has 1 aliphatic heterocycles. The van der Waals surface area contributed by atoms with Gasteiger partial charge in [0.25, 0.3) is 0 Å². The second-order valence-electron chi connectivity index (χ2n) is 3.19. The summed E-state index contributed by atoms with van der Waals surface area (Å²) in [6, 6.07) is 0.886. The number of halogens is 3. The first-order valence-corrected chi connectivity index (χ1v) is 4.51. The normalized spacial score (nSPS) is 16.7. The number of ether oxygens (including phenoxy) is 2. The van der Waals surface area contributed by atoms with E-state index < -0.39 is 29.3 Å². The van der Waals surface area contributed by atoms with Crippen molar-refractivity contribution in [2.45, 2.75) is 6.29 Å². The minimum atomic E-state index is -1.70. The fraction of sp³-hybridized carbons (Fsp3) is 0.300. The van der Waals surface area contributed by atoms with Crippen LogP contribution in [0.4, 0.5) is 13.2 Å². The van der Waals surface area contributed by atoms with Gasteiger partial charge in [-0.25, -0.2) is 13.2 Å². The molecule has 1 saturated heterocycles. The fourth-order valence-electron chi connectivity index (χ4n) is 1.44. The molecular formula is C10H7F3O3. The third-order valence-corrected chi connectivity index (χ3v) is 2.21. The maximum atomic E-state index is 13.3. The molecule has 2 rings (SSSR count). The number of hydrogen-bond acceptors (Lipinski definition) is 3. The van der Waals surface area contributed by atoms with E-state index in [-0.39, 0.29) is 25.1 Å². The minimum absolute atomic E-state index is 0.107. The third kappa shape index (κ3) is 1.70. The first kappa shape index (κ1) is 11.1. The Labute approximate surface area is 88.8 Å². The zero-order chi connectivity index (χ0) is 11.7. The Morgan fingerprint density at radius 3 is 2.31 bits per heavy atom. The lowest BCUT2D eigenvalue weighted by molar-refractivity contribution is -0.0469. The Hall–Kier alpha value is -1.40. The van der Waals surface area contributed by atoms with Crippen LogP contribution >= 0.6 is 0 Å². The van der Waals surface area contributed by atoms with Gasteiger partial charge in [0.1, 0.15) is 0 Å². The average Bonchev–Trinajstić information content (AvgIpc) is 2.80. The summed E-state index contributed by atoms with van der Waals surface area (Å²) < 4.78 is 49.3. The average molecular weight is 232 g/mol. The summed E-state index contributed by atoms with van der Waals surface area (Å²) in [6.45, 7) is 0.471. The van der Waals surface area contributed by atoms with Crippen LogP contribution in [0.25, 0.3) is 0 Å². The number of carbonyl (C=O) groups is 1. The van der Waals surface area contributed by atoms with Gasteiger partial charge in [-0.1, -0.05) is 0 Å². The lowest BCUT2D eigenvalue weighted by atomic mass is 10.1. The lowest BCUT2D eigenvalue weighted by Crippen LogP contribution is -2.07. The zero-order valence-electron chi connectivity index (χ0n) is 8.00. The van der Waals surface area contributed by atoms with E-state index in [9.17, 15) is 18.0 Å². The maximum Gasteiger partial charge on any atom is 0.195 e. The number of carbonyl (C=O) groups excluding carboxylic acids is 1. The van der Waals surface area contributed by atoms with Gasteiger partial charge in [0, 0.05) is 5.56 Å². The molecule has 1 heterocycles. The van der Waals surface area contributed by atoms with Gasteiger partial charge in [-0.3, -0.25) is 4.79 Å². The molecule has 0 spiro atoms. The topological polar surface area (TPSA) is 35.5 Å². The first-order valence-electron chi connectivity index (χ1n) is 4.51. The minimum Gasteiger partial charge on any atom is -0.346 e. The highest BCUT2D eigenvalue weighted by Gasteiger charge is 2.27. The molecule has 1 fully saturated rings. The van der Waals surface area contributed by atoms with E-state index in [1.165, 1.54) is 0 Å². The van der Waals surface area contributed by atoms with Gasteiger partial charge < -0.3 is 9.47 Å². The van der Waals surface area contributed by atoms with Gasteiger partial charge in [-0.15, -0.1) is 0 Å². The maximum absolute atomic E-state index is 13.3. The van der Waals surface area contributed by atoms with E-state index in [0.717, 1.165) is 6.07 Å². The fourth-order valence-corrected chi connectivity index (χ4v) is 1.44. The number of hydrogen-bond donors (Lipinski definition) is 0. The van der Waals surface area contributed by atoms with Crippen molar-refractivity contribution in [2.75, 3.05) is 13.2 Å². The standard InChI is InChI=1S/C10H7F3O3/c11-7-5(4-14)3-6(8(12)9(7)13)10-15-1-2-16-10/h3-4,10H,1-2H2. The van der Waals surface area contributed by atoms with E-state index >= 15 is 0 Å². The third-order valence-electron chi connectivity index (χ3n) is 2.21. The summed E-state index contributed by atoms with van der Waals surface area (Å²) in [5, 5.41) is 0. The molecule has 1 aromatic carbocycles. The molecule has 0 aromatic heterocycles. The Kier molecular flexibility index (Phi) is 2.93. The summed E-state index contributed by atoms with van der Waals surface area (Å²) in [6.07, 6.45) is -0.982. The zero-order valence-corrected chi connectivity index (χ0v) is 8.00. The molecule has 3 nitrogen and oxygen atoms in total. The smallest absolute Gasteiger partial charge is 0.195 e. The number of benzene rings is 1. The van der Waals surface area contributed by atoms with Crippen LogP contribution in [0.15, 0.2) is 6.07 Å². The molecule has 16 heavy (non-hydrogen) atoms. The molecular weight excluding hydrogens is 225 g/mol. The van der Waals surface area contributed by atoms with E-state index in [1.54, 1.807) is 0 Å². The van der Waals surface area contributed by atoms with E-state index in [2.05, 4.69) is 0 Å². The summed E-state index contributed by atoms with van der Waals surface area (Å²) >= 11 is 0. The highest BCUT2D eigenvalue weighted by Crippen LogP contribution is 2.29. The molecule has 1 aromatic rings. The predicted octanol–water partition coefficient (Wildman–Crippen LogP) is 1.96. The van der Waals surface area contributed by atoms with Crippen LogP contribution in [0.1, 0.15) is 22.2 Å². The van der Waals surface area contributed by atoms with Crippen LogP contribution in [0.3, 0.4) is 0 Å². The Morgan fingerprint density at radius 1 is 1.12 bits per heavy atom. The molecule has 0 radical (unpaired) electrons. The van der Waals surface area contributed by atoms with Crippen molar-refractivity contribution in [3.63, 3.8) is 0 Å². The van der Waals surface area contributed by atoms with Crippen molar-refractivity contribution in [3.05, 3.63) is 34.6 Å². The molecule has 0 bridgehead atoms. The molecule has 6 heteroatoms. The Morgan fingerprint density at radius 2 is 1.75 bits per heavy atom. The van der Waals surface area contributed by atoms with Crippen molar-refractivity contribution in [2.24, 2.45) is 0 Å². The van der Waals surface area contributed by atoms with Crippen molar-refractivity contribution in [3.8, 4) is 0 Å². The van der Waals surface area contributed by atoms with Crippen molar-refractivity contribution >= 4 is 6.29 Å². The van der Waals surface area contributed by atoms with Gasteiger partial charge in [0.2, 0.25) is 0 Å². The SMILES string of the molecule is O=Cc1cc(C2OCCO2)c(F)c(F)c1F. The summed E-state index contributed by atoms with van der Waals surface area (Å²) in [5.41, 5.74) is -0.869. The molecule has 0 amide bonds. The van der Waals surface area contributed by atoms with Gasteiger partial charge in [0.15, 0.2) is 30.0 Å². The summed E-state index contributed by atoms with van der Waals surface area (Å²) in [7, 11) is 0. The molecule has 86 valence electrons. The molecule has 0 N–H and O–H groups in total. The molecule has 0 saturated carbocycles. The van der Waals surface area contributed by atoms with Gasteiger partial charge >= 0.3 is 0 Å². The second kappa shape index (κ2) is 4.23. The van der Waals surface area contributed by atoms with Crippen LogP contribution < -0.4 is 0 Å². The number of rotatable bonds is 2. The predicted molar refractivity (Wildman–Crippen MR) is 46.3 cm³/mol. The van der Waals surface area contributed by atoms with Crippen molar-refractivity contribution < 1.29 is 27.4 Å². The van der Waals surface area contributed by atoms with E-state index in [4.69, 9.17) is 9.47 Å². The molecule has 0 aliphatic carbocycles. The quantitative estimate of drug-likeness (QED) is 0.577. The van der Waals surface area contributed by atoms with Crippen LogP contribution in [0.5, 0.6) is 0 Å². The van der Waals surface area contributed by atoms with Crippen molar-refractivity contribution in [1.82, 2.24) is 0 Å². The largest absolute Gasteiger partial charge is 0.346 e. The highest BCUT2D eigenvalue weighted by molar-refractivity contribution is 5.75. The van der Waals surface area contributed by atoms with Crippen LogP contribution in [0, 0.1) is 17.5 Å². The highest BCUT2D eigenvalue weighted by atomic mass is 19.2. The van der Waals surface area contributed by atoms with E-state index in [1.807, 2.05) is 0 Å². The van der Waals surface area contributed by atoms with Crippen molar-refractivity contribution in [1.29, 1.82) is 0 Å².